The fraction of sp³-hybridized carbons (Fsp3) is 0.522. The minimum absolute atomic E-state index is 0.0681. The minimum atomic E-state index is -0.361. The molecule has 4 aliphatic carbocycles. The zero-order valence-corrected chi connectivity index (χ0v) is 18.4. The van der Waals surface area contributed by atoms with E-state index < -0.39 is 0 Å². The van der Waals surface area contributed by atoms with E-state index in [1.807, 2.05) is 28.9 Å². The summed E-state index contributed by atoms with van der Waals surface area (Å²) in [6.45, 7) is 0. The molecule has 4 bridgehead atoms. The van der Waals surface area contributed by atoms with E-state index in [2.05, 4.69) is 15.3 Å². The molecule has 0 N–H and O–H groups in total. The van der Waals surface area contributed by atoms with Crippen LogP contribution in [0, 0.1) is 27.4 Å². The van der Waals surface area contributed by atoms with Crippen molar-refractivity contribution in [3.05, 3.63) is 69.1 Å². The van der Waals surface area contributed by atoms with Crippen LogP contribution in [0.4, 0.5) is 5.69 Å². The largest absolute Gasteiger partial charge is 0.425 e. The van der Waals surface area contributed by atoms with E-state index in [-0.39, 0.29) is 21.6 Å². The van der Waals surface area contributed by atoms with E-state index in [0.29, 0.717) is 35.1 Å². The molecule has 9 heteroatoms. The summed E-state index contributed by atoms with van der Waals surface area (Å²) >= 11 is 5.97. The van der Waals surface area contributed by atoms with Gasteiger partial charge in [0, 0.05) is 11.4 Å². The molecule has 0 spiro atoms. The third-order valence-corrected chi connectivity index (χ3v) is 7.97. The van der Waals surface area contributed by atoms with Crippen LogP contribution in [0.5, 0.6) is 0 Å². The summed E-state index contributed by atoms with van der Waals surface area (Å²) in [5.74, 6) is 2.55. The molecule has 2 aromatic heterocycles. The van der Waals surface area contributed by atoms with Gasteiger partial charge in [-0.3, -0.25) is 14.8 Å². The van der Waals surface area contributed by atoms with Gasteiger partial charge in [0.05, 0.1) is 16.9 Å². The van der Waals surface area contributed by atoms with Crippen molar-refractivity contribution < 1.29 is 9.34 Å². The normalized spacial score (nSPS) is 30.7. The van der Waals surface area contributed by atoms with Crippen molar-refractivity contribution in [1.29, 1.82) is 0 Å². The number of nitrogens with zero attached hydrogens (tertiary/aromatic N) is 5. The van der Waals surface area contributed by atoms with Gasteiger partial charge in [-0.2, -0.15) is 5.10 Å². The minimum Gasteiger partial charge on any atom is -0.425 e. The van der Waals surface area contributed by atoms with Crippen LogP contribution in [0.1, 0.15) is 55.9 Å². The molecule has 4 saturated carbocycles. The first kappa shape index (κ1) is 19.9. The highest BCUT2D eigenvalue weighted by atomic mass is 35.5. The second kappa shape index (κ2) is 7.13. The molecule has 7 rings (SSSR count). The molecule has 0 aliphatic heterocycles. The highest BCUT2D eigenvalue weighted by molar-refractivity contribution is 6.30. The van der Waals surface area contributed by atoms with Crippen molar-refractivity contribution in [2.75, 3.05) is 0 Å². The van der Waals surface area contributed by atoms with Crippen LogP contribution < -0.4 is 0 Å². The Morgan fingerprint density at radius 2 is 1.84 bits per heavy atom. The van der Waals surface area contributed by atoms with E-state index >= 15 is 0 Å². The van der Waals surface area contributed by atoms with Gasteiger partial charge in [-0.15, -0.1) is 10.2 Å². The Morgan fingerprint density at radius 3 is 2.53 bits per heavy atom. The monoisotopic (exact) mass is 453 g/mol. The predicted octanol–water partition coefficient (Wildman–Crippen LogP) is 4.96. The molecular weight excluding hydrogens is 430 g/mol. The highest BCUT2D eigenvalue weighted by Crippen LogP contribution is 2.65. The number of benzene rings is 1. The van der Waals surface area contributed by atoms with Gasteiger partial charge in [0.2, 0.25) is 11.8 Å². The molecule has 0 amide bonds. The van der Waals surface area contributed by atoms with Gasteiger partial charge in [-0.25, -0.2) is 0 Å². The molecule has 8 nitrogen and oxygen atoms in total. The van der Waals surface area contributed by atoms with E-state index in [1.54, 1.807) is 6.20 Å². The molecule has 2 heterocycles. The van der Waals surface area contributed by atoms with Gasteiger partial charge in [0.25, 0.3) is 0 Å². The van der Waals surface area contributed by atoms with Crippen molar-refractivity contribution in [2.24, 2.45) is 17.3 Å². The second-order valence-electron chi connectivity index (χ2n) is 10.2. The molecule has 2 unspecified atom stereocenters. The van der Waals surface area contributed by atoms with Gasteiger partial charge >= 0.3 is 5.69 Å². The third-order valence-electron chi connectivity index (χ3n) is 7.72. The van der Waals surface area contributed by atoms with Crippen LogP contribution in [-0.4, -0.2) is 24.9 Å². The summed E-state index contributed by atoms with van der Waals surface area (Å²) in [7, 11) is 0. The van der Waals surface area contributed by atoms with Crippen LogP contribution in [0.3, 0.4) is 0 Å². The summed E-state index contributed by atoms with van der Waals surface area (Å²) in [6.07, 6.45) is 11.0. The Bertz CT molecular complexity index is 1160. The molecule has 3 aromatic rings. The van der Waals surface area contributed by atoms with Gasteiger partial charge in [-0.1, -0.05) is 23.7 Å². The Morgan fingerprint density at radius 1 is 1.12 bits per heavy atom. The molecule has 166 valence electrons. The lowest BCUT2D eigenvalue weighted by Crippen LogP contribution is -2.57. The molecule has 2 atom stereocenters. The molecule has 1 aromatic carbocycles. The summed E-state index contributed by atoms with van der Waals surface area (Å²) in [5, 5.41) is 25.0. The zero-order chi connectivity index (χ0) is 21.9. The molecule has 0 saturated heterocycles. The van der Waals surface area contributed by atoms with Crippen LogP contribution in [-0.2, 0) is 18.4 Å². The van der Waals surface area contributed by atoms with Gasteiger partial charge in [0.15, 0.2) is 0 Å². The number of hydrogen-bond donors (Lipinski definition) is 0. The van der Waals surface area contributed by atoms with Crippen LogP contribution in [0.15, 0.2) is 41.1 Å². The zero-order valence-electron chi connectivity index (χ0n) is 17.6. The van der Waals surface area contributed by atoms with Crippen molar-refractivity contribution in [3.63, 3.8) is 0 Å². The number of hydrogen-bond acceptors (Lipinski definition) is 6. The van der Waals surface area contributed by atoms with Crippen molar-refractivity contribution in [1.82, 2.24) is 20.0 Å². The molecular formula is C23H24ClN5O3. The van der Waals surface area contributed by atoms with E-state index in [4.69, 9.17) is 16.0 Å². The van der Waals surface area contributed by atoms with Gasteiger partial charge < -0.3 is 4.42 Å². The quantitative estimate of drug-likeness (QED) is 0.386. The smallest absolute Gasteiger partial charge is 0.307 e. The molecule has 4 fully saturated rings. The Balaban J connectivity index is 1.24. The summed E-state index contributed by atoms with van der Waals surface area (Å²) in [6, 6.07) is 7.67. The van der Waals surface area contributed by atoms with E-state index in [1.165, 1.54) is 12.6 Å². The van der Waals surface area contributed by atoms with Crippen LogP contribution in [0.2, 0.25) is 5.02 Å². The maximum Gasteiger partial charge on any atom is 0.307 e. The topological polar surface area (TPSA) is 99.9 Å². The molecule has 0 radical (unpaired) electrons. The average molecular weight is 454 g/mol. The van der Waals surface area contributed by atoms with Crippen molar-refractivity contribution >= 4 is 17.3 Å². The number of halogens is 1. The van der Waals surface area contributed by atoms with E-state index in [0.717, 1.165) is 44.1 Å². The number of nitro groups is 1. The summed E-state index contributed by atoms with van der Waals surface area (Å²) in [4.78, 5) is 10.9. The van der Waals surface area contributed by atoms with E-state index in [9.17, 15) is 10.1 Å². The first-order chi connectivity index (χ1) is 15.4. The highest BCUT2D eigenvalue weighted by Gasteiger charge is 2.59. The Kier molecular flexibility index (Phi) is 4.44. The van der Waals surface area contributed by atoms with Crippen molar-refractivity contribution in [3.8, 4) is 0 Å². The molecule has 32 heavy (non-hydrogen) atoms. The average Bonchev–Trinajstić information content (AvgIpc) is 3.39. The molecule has 4 aliphatic rings. The first-order valence-electron chi connectivity index (χ1n) is 11.2. The second-order valence-corrected chi connectivity index (χ2v) is 10.6. The fourth-order valence-corrected chi connectivity index (χ4v) is 7.20. The first-order valence-corrected chi connectivity index (χ1v) is 11.5. The van der Waals surface area contributed by atoms with Gasteiger partial charge in [0.1, 0.15) is 12.4 Å². The number of aromatic nitrogens is 4. The maximum absolute atomic E-state index is 11.2. The van der Waals surface area contributed by atoms with Gasteiger partial charge in [-0.05, 0) is 73.5 Å². The van der Waals surface area contributed by atoms with Crippen LogP contribution >= 0.6 is 11.6 Å². The van der Waals surface area contributed by atoms with Crippen molar-refractivity contribution in [2.45, 2.75) is 56.9 Å². The number of rotatable bonds is 6. The SMILES string of the molecule is O=[N+]([O-])c1cnn(C23CC4CC(CC(Cc5nnc(Cc6ccc(Cl)cc6)o5)(C4)C2)C3)c1. The lowest BCUT2D eigenvalue weighted by Gasteiger charge is -2.61. The Hall–Kier alpha value is -2.74. The summed E-state index contributed by atoms with van der Waals surface area (Å²) < 4.78 is 7.96. The fourth-order valence-electron chi connectivity index (χ4n) is 7.07. The van der Waals surface area contributed by atoms with Crippen LogP contribution in [0.25, 0.3) is 0 Å². The predicted molar refractivity (Wildman–Crippen MR) is 116 cm³/mol. The lowest BCUT2D eigenvalue weighted by molar-refractivity contribution is -0.385. The summed E-state index contributed by atoms with van der Waals surface area (Å²) in [5.41, 5.74) is 1.11. The third kappa shape index (κ3) is 3.41. The standard InChI is InChI=1S/C23H24ClN5O3/c24-18-3-1-15(2-4-18)6-20-26-27-21(32-20)11-22-7-16-5-17(8-22)10-23(9-16,14-22)28-13-19(12-25-28)29(30)31/h1-4,12-13,16-17H,5-11,14H2. The maximum atomic E-state index is 11.2. The Labute approximate surface area is 190 Å². The lowest BCUT2D eigenvalue weighted by atomic mass is 9.46.